The van der Waals surface area contributed by atoms with Crippen LogP contribution in [0.1, 0.15) is 29.2 Å². The highest BCUT2D eigenvalue weighted by molar-refractivity contribution is 5.92. The highest BCUT2D eigenvalue weighted by Crippen LogP contribution is 2.23. The van der Waals surface area contributed by atoms with Crippen molar-refractivity contribution in [2.45, 2.75) is 25.0 Å². The summed E-state index contributed by atoms with van der Waals surface area (Å²) in [7, 11) is 0. The third-order valence-corrected chi connectivity index (χ3v) is 3.68. The zero-order chi connectivity index (χ0) is 12.5. The molecule has 98 valence electrons. The fourth-order valence-corrected chi connectivity index (χ4v) is 2.60. The van der Waals surface area contributed by atoms with Crippen molar-refractivity contribution in [3.05, 3.63) is 18.0 Å². The van der Waals surface area contributed by atoms with Crippen LogP contribution in [-0.4, -0.2) is 52.9 Å². The molecular weight excluding hydrogens is 232 g/mol. The van der Waals surface area contributed by atoms with Gasteiger partial charge in [0.2, 0.25) is 0 Å². The van der Waals surface area contributed by atoms with Crippen molar-refractivity contribution in [1.29, 1.82) is 0 Å². The number of likely N-dealkylation sites (tertiary alicyclic amines) is 1. The Morgan fingerprint density at radius 3 is 3.00 bits per heavy atom. The van der Waals surface area contributed by atoms with Crippen molar-refractivity contribution >= 4 is 5.91 Å². The Morgan fingerprint density at radius 2 is 2.39 bits per heavy atom. The second-order valence-electron chi connectivity index (χ2n) is 5.08. The van der Waals surface area contributed by atoms with Crippen LogP contribution in [-0.2, 0) is 4.74 Å². The minimum absolute atomic E-state index is 0.361. The van der Waals surface area contributed by atoms with E-state index in [9.17, 15) is 4.79 Å². The van der Waals surface area contributed by atoms with Gasteiger partial charge in [0.25, 0.3) is 5.91 Å². The first kappa shape index (κ1) is 11.7. The lowest BCUT2D eigenvalue weighted by Gasteiger charge is -2.40. The Hall–Kier alpha value is -1.40. The van der Waals surface area contributed by atoms with Gasteiger partial charge >= 0.3 is 0 Å². The van der Waals surface area contributed by atoms with Crippen LogP contribution in [0.25, 0.3) is 0 Å². The monoisotopic (exact) mass is 250 g/mol. The van der Waals surface area contributed by atoms with Gasteiger partial charge < -0.3 is 10.5 Å². The number of amides is 1. The van der Waals surface area contributed by atoms with Crippen LogP contribution in [0.5, 0.6) is 0 Å². The van der Waals surface area contributed by atoms with Gasteiger partial charge in [0.15, 0.2) is 0 Å². The van der Waals surface area contributed by atoms with Gasteiger partial charge in [-0.2, -0.15) is 5.10 Å². The van der Waals surface area contributed by atoms with Gasteiger partial charge in [-0.3, -0.25) is 14.4 Å². The van der Waals surface area contributed by atoms with Gasteiger partial charge in [0.05, 0.1) is 23.9 Å². The number of rotatable bonds is 4. The first-order chi connectivity index (χ1) is 8.72. The van der Waals surface area contributed by atoms with Crippen molar-refractivity contribution in [1.82, 2.24) is 14.7 Å². The van der Waals surface area contributed by atoms with Crippen LogP contribution in [0.15, 0.2) is 12.4 Å². The summed E-state index contributed by atoms with van der Waals surface area (Å²) in [5, 5.41) is 4.18. The number of aromatic nitrogens is 2. The second-order valence-corrected chi connectivity index (χ2v) is 5.08. The number of carbonyl (C=O) groups is 1. The van der Waals surface area contributed by atoms with E-state index in [1.165, 1.54) is 19.0 Å². The predicted octanol–water partition coefficient (Wildman–Crippen LogP) is 0.0177. The van der Waals surface area contributed by atoms with Crippen molar-refractivity contribution < 1.29 is 9.53 Å². The molecule has 1 aromatic rings. The fraction of sp³-hybridized carbons (Fsp3) is 0.667. The number of hydrogen-bond acceptors (Lipinski definition) is 4. The molecule has 1 atom stereocenters. The molecule has 1 aromatic heterocycles. The first-order valence-corrected chi connectivity index (χ1v) is 6.40. The average Bonchev–Trinajstić information content (AvgIpc) is 2.94. The molecule has 0 spiro atoms. The lowest BCUT2D eigenvalue weighted by Crippen LogP contribution is -2.50. The molecule has 2 N–H and O–H groups in total. The maximum Gasteiger partial charge on any atom is 0.251 e. The molecule has 1 amide bonds. The third kappa shape index (κ3) is 2.26. The first-order valence-electron chi connectivity index (χ1n) is 6.40. The number of ether oxygens (including phenoxy) is 1. The third-order valence-electron chi connectivity index (χ3n) is 3.68. The molecule has 0 aromatic carbocycles. The quantitative estimate of drug-likeness (QED) is 0.817. The predicted molar refractivity (Wildman–Crippen MR) is 65.2 cm³/mol. The molecule has 0 aliphatic carbocycles. The molecule has 18 heavy (non-hydrogen) atoms. The highest BCUT2D eigenvalue weighted by Gasteiger charge is 2.31. The van der Waals surface area contributed by atoms with E-state index in [0.29, 0.717) is 17.7 Å². The standard InChI is InChI=1S/C12H18N4O2/c13-12(17)9-4-14-16(5-9)10-6-15(7-10)8-11-2-1-3-18-11/h4-5,10-11H,1-3,6-8H2,(H2,13,17). The van der Waals surface area contributed by atoms with Crippen LogP contribution in [0.3, 0.4) is 0 Å². The van der Waals surface area contributed by atoms with Crippen molar-refractivity contribution in [2.24, 2.45) is 5.73 Å². The van der Waals surface area contributed by atoms with E-state index in [0.717, 1.165) is 26.2 Å². The Kier molecular flexibility index (Phi) is 3.05. The second kappa shape index (κ2) is 4.70. The summed E-state index contributed by atoms with van der Waals surface area (Å²) in [4.78, 5) is 13.3. The van der Waals surface area contributed by atoms with E-state index in [-0.39, 0.29) is 0 Å². The number of nitrogens with two attached hydrogens (primary N) is 1. The minimum atomic E-state index is -0.420. The van der Waals surface area contributed by atoms with Crippen LogP contribution < -0.4 is 5.73 Å². The smallest absolute Gasteiger partial charge is 0.251 e. The summed E-state index contributed by atoms with van der Waals surface area (Å²) < 4.78 is 7.45. The SMILES string of the molecule is NC(=O)c1cnn(C2CN(CC3CCCO3)C2)c1. The van der Waals surface area contributed by atoms with Gasteiger partial charge in [-0.15, -0.1) is 0 Å². The van der Waals surface area contributed by atoms with Crippen LogP contribution >= 0.6 is 0 Å². The molecule has 3 heterocycles. The number of primary amides is 1. The molecule has 6 heteroatoms. The Labute approximate surface area is 106 Å². The van der Waals surface area contributed by atoms with Crippen molar-refractivity contribution in [3.8, 4) is 0 Å². The van der Waals surface area contributed by atoms with Crippen LogP contribution in [0, 0.1) is 0 Å². The summed E-state index contributed by atoms with van der Waals surface area (Å²) >= 11 is 0. The zero-order valence-electron chi connectivity index (χ0n) is 10.3. The number of hydrogen-bond donors (Lipinski definition) is 1. The molecule has 0 saturated carbocycles. The molecule has 3 rings (SSSR count). The maximum atomic E-state index is 11.0. The molecule has 2 aliphatic heterocycles. The number of nitrogens with zero attached hydrogens (tertiary/aromatic N) is 3. The van der Waals surface area contributed by atoms with E-state index in [1.807, 2.05) is 4.68 Å². The summed E-state index contributed by atoms with van der Waals surface area (Å²) in [6.45, 7) is 3.86. The number of carbonyl (C=O) groups excluding carboxylic acids is 1. The minimum Gasteiger partial charge on any atom is -0.377 e. The molecule has 0 bridgehead atoms. The van der Waals surface area contributed by atoms with Crippen LogP contribution in [0.4, 0.5) is 0 Å². The van der Waals surface area contributed by atoms with Crippen LogP contribution in [0.2, 0.25) is 0 Å². The van der Waals surface area contributed by atoms with E-state index in [1.54, 1.807) is 6.20 Å². The largest absolute Gasteiger partial charge is 0.377 e. The normalized spacial score (nSPS) is 25.2. The van der Waals surface area contributed by atoms with Gasteiger partial charge in [-0.1, -0.05) is 0 Å². The molecule has 2 fully saturated rings. The van der Waals surface area contributed by atoms with E-state index in [2.05, 4.69) is 10.00 Å². The summed E-state index contributed by atoms with van der Waals surface area (Å²) in [5.74, 6) is -0.420. The fourth-order valence-electron chi connectivity index (χ4n) is 2.60. The average molecular weight is 250 g/mol. The van der Waals surface area contributed by atoms with Gasteiger partial charge in [-0.05, 0) is 12.8 Å². The lowest BCUT2D eigenvalue weighted by atomic mass is 10.1. The van der Waals surface area contributed by atoms with E-state index in [4.69, 9.17) is 10.5 Å². The van der Waals surface area contributed by atoms with E-state index >= 15 is 0 Å². The molecular formula is C12H18N4O2. The molecule has 1 unspecified atom stereocenters. The van der Waals surface area contributed by atoms with Gasteiger partial charge in [0, 0.05) is 32.4 Å². The summed E-state index contributed by atoms with van der Waals surface area (Å²) in [6, 6.07) is 0.361. The topological polar surface area (TPSA) is 73.4 Å². The Balaban J connectivity index is 1.50. The molecule has 2 saturated heterocycles. The van der Waals surface area contributed by atoms with Crippen molar-refractivity contribution in [2.75, 3.05) is 26.2 Å². The summed E-state index contributed by atoms with van der Waals surface area (Å²) in [6.07, 6.45) is 6.03. The zero-order valence-corrected chi connectivity index (χ0v) is 10.3. The molecule has 6 nitrogen and oxygen atoms in total. The van der Waals surface area contributed by atoms with Crippen molar-refractivity contribution in [3.63, 3.8) is 0 Å². The van der Waals surface area contributed by atoms with E-state index < -0.39 is 5.91 Å². The highest BCUT2D eigenvalue weighted by atomic mass is 16.5. The van der Waals surface area contributed by atoms with Gasteiger partial charge in [0.1, 0.15) is 0 Å². The maximum absolute atomic E-state index is 11.0. The lowest BCUT2D eigenvalue weighted by molar-refractivity contribution is 0.0246. The summed E-state index contributed by atoms with van der Waals surface area (Å²) in [5.41, 5.74) is 5.68. The Bertz CT molecular complexity index is 433. The molecule has 2 aliphatic rings. The Morgan fingerprint density at radius 1 is 1.56 bits per heavy atom. The van der Waals surface area contributed by atoms with Gasteiger partial charge in [-0.25, -0.2) is 0 Å². The molecule has 0 radical (unpaired) electrons.